The maximum absolute atomic E-state index is 4.65. The van der Waals surface area contributed by atoms with Crippen LogP contribution in [-0.2, 0) is 13.0 Å². The first-order chi connectivity index (χ1) is 12.7. The fourth-order valence-electron chi connectivity index (χ4n) is 3.44. The average Bonchev–Trinajstić information content (AvgIpc) is 3.11. The second kappa shape index (κ2) is 7.23. The molecule has 0 aliphatic carbocycles. The number of nitrogens with zero attached hydrogens (tertiary/aromatic N) is 5. The van der Waals surface area contributed by atoms with Gasteiger partial charge in [0.25, 0.3) is 0 Å². The van der Waals surface area contributed by atoms with Crippen LogP contribution < -0.4 is 5.32 Å². The third kappa shape index (κ3) is 3.45. The van der Waals surface area contributed by atoms with Crippen LogP contribution in [0.1, 0.15) is 37.8 Å². The van der Waals surface area contributed by atoms with Crippen LogP contribution in [0.2, 0.25) is 0 Å². The van der Waals surface area contributed by atoms with Gasteiger partial charge in [-0.2, -0.15) is 0 Å². The summed E-state index contributed by atoms with van der Waals surface area (Å²) in [6, 6.07) is 12.0. The van der Waals surface area contributed by atoms with Gasteiger partial charge in [-0.1, -0.05) is 44.2 Å². The Morgan fingerprint density at radius 2 is 2.00 bits per heavy atom. The molecule has 6 heteroatoms. The van der Waals surface area contributed by atoms with Gasteiger partial charge in [-0.25, -0.2) is 9.97 Å². The Labute approximate surface area is 153 Å². The van der Waals surface area contributed by atoms with Crippen LogP contribution in [0.15, 0.2) is 42.6 Å². The lowest BCUT2D eigenvalue weighted by Crippen LogP contribution is -2.27. The van der Waals surface area contributed by atoms with E-state index in [-0.39, 0.29) is 0 Å². The van der Waals surface area contributed by atoms with E-state index in [0.29, 0.717) is 11.8 Å². The molecule has 3 heterocycles. The van der Waals surface area contributed by atoms with Crippen molar-refractivity contribution >= 4 is 5.82 Å². The van der Waals surface area contributed by atoms with Crippen LogP contribution in [-0.4, -0.2) is 31.3 Å². The van der Waals surface area contributed by atoms with Gasteiger partial charge in [-0.3, -0.25) is 0 Å². The van der Waals surface area contributed by atoms with E-state index in [2.05, 4.69) is 43.9 Å². The van der Waals surface area contributed by atoms with Crippen LogP contribution >= 0.6 is 0 Å². The van der Waals surface area contributed by atoms with Crippen molar-refractivity contribution in [3.63, 3.8) is 0 Å². The van der Waals surface area contributed by atoms with Crippen LogP contribution in [0.5, 0.6) is 0 Å². The van der Waals surface area contributed by atoms with Gasteiger partial charge in [-0.15, -0.1) is 10.2 Å². The summed E-state index contributed by atoms with van der Waals surface area (Å²) in [6.07, 6.45) is 3.93. The molecule has 134 valence electrons. The number of anilines is 1. The Morgan fingerprint density at radius 3 is 2.81 bits per heavy atom. The van der Waals surface area contributed by atoms with Gasteiger partial charge in [0.05, 0.1) is 0 Å². The van der Waals surface area contributed by atoms with Crippen LogP contribution in [0, 0.1) is 5.92 Å². The number of hydrogen-bond donors (Lipinski definition) is 1. The van der Waals surface area contributed by atoms with Crippen molar-refractivity contribution in [2.24, 2.45) is 5.92 Å². The summed E-state index contributed by atoms with van der Waals surface area (Å²) < 4.78 is 2.30. The first-order valence-corrected chi connectivity index (χ1v) is 9.25. The molecular weight excluding hydrogens is 324 g/mol. The zero-order chi connectivity index (χ0) is 17.9. The minimum atomic E-state index is 0.401. The molecule has 0 fully saturated rings. The highest BCUT2D eigenvalue weighted by Gasteiger charge is 2.23. The average molecular weight is 348 g/mol. The van der Waals surface area contributed by atoms with E-state index in [4.69, 9.17) is 0 Å². The molecule has 0 radical (unpaired) electrons. The highest BCUT2D eigenvalue weighted by Crippen LogP contribution is 2.24. The third-order valence-electron chi connectivity index (χ3n) is 4.85. The van der Waals surface area contributed by atoms with E-state index in [1.807, 2.05) is 42.6 Å². The van der Waals surface area contributed by atoms with Crippen molar-refractivity contribution in [3.8, 4) is 11.4 Å². The normalized spacial score (nSPS) is 16.5. The molecule has 1 aliphatic rings. The molecule has 6 nitrogen and oxygen atoms in total. The third-order valence-corrected chi connectivity index (χ3v) is 4.85. The van der Waals surface area contributed by atoms with Crippen LogP contribution in [0.3, 0.4) is 0 Å². The van der Waals surface area contributed by atoms with E-state index in [0.717, 1.165) is 54.8 Å². The fraction of sp³-hybridized carbons (Fsp3) is 0.400. The molecule has 0 bridgehead atoms. The molecule has 1 N–H and O–H groups in total. The smallest absolute Gasteiger partial charge is 0.161 e. The summed E-state index contributed by atoms with van der Waals surface area (Å²) in [4.78, 5) is 9.04. The lowest BCUT2D eigenvalue weighted by Gasteiger charge is -2.25. The summed E-state index contributed by atoms with van der Waals surface area (Å²) in [5, 5.41) is 12.2. The van der Waals surface area contributed by atoms with Crippen molar-refractivity contribution in [1.29, 1.82) is 0 Å². The Hall–Kier alpha value is -2.76. The van der Waals surface area contributed by atoms with Gasteiger partial charge in [0, 0.05) is 37.2 Å². The monoisotopic (exact) mass is 348 g/mol. The molecule has 0 saturated carbocycles. The molecule has 26 heavy (non-hydrogen) atoms. The van der Waals surface area contributed by atoms with Crippen molar-refractivity contribution < 1.29 is 0 Å². The largest absolute Gasteiger partial charge is 0.370 e. The topological polar surface area (TPSA) is 68.5 Å². The van der Waals surface area contributed by atoms with Crippen molar-refractivity contribution in [3.05, 3.63) is 54.2 Å². The molecule has 0 unspecified atom stereocenters. The Balaban J connectivity index is 1.43. The summed E-state index contributed by atoms with van der Waals surface area (Å²) in [6.45, 7) is 6.20. The molecular formula is C20H24N6. The Morgan fingerprint density at radius 1 is 1.15 bits per heavy atom. The highest BCUT2D eigenvalue weighted by molar-refractivity contribution is 5.56. The number of aryl methyl sites for hydroxylation is 1. The second-order valence-corrected chi connectivity index (χ2v) is 7.16. The van der Waals surface area contributed by atoms with Gasteiger partial charge in [-0.05, 0) is 18.4 Å². The first kappa shape index (κ1) is 16.7. The summed E-state index contributed by atoms with van der Waals surface area (Å²) in [5.74, 6) is 4.79. The SMILES string of the molecule is CC(C)c1nnc2n1C[C@@H](CNc1ccnc(-c3ccccc3)n1)CC2. The predicted molar refractivity (Wildman–Crippen MR) is 102 cm³/mol. The number of aromatic nitrogens is 5. The number of nitrogens with one attached hydrogen (secondary N) is 1. The molecule has 4 rings (SSSR count). The molecule has 3 aromatic rings. The zero-order valence-corrected chi connectivity index (χ0v) is 15.3. The predicted octanol–water partition coefficient (Wildman–Crippen LogP) is 3.53. The van der Waals surface area contributed by atoms with E-state index in [1.54, 1.807) is 0 Å². The summed E-state index contributed by atoms with van der Waals surface area (Å²) in [5.41, 5.74) is 1.03. The molecule has 1 aromatic carbocycles. The molecule has 0 saturated heterocycles. The number of rotatable bonds is 5. The molecule has 1 aliphatic heterocycles. The van der Waals surface area contributed by atoms with Crippen molar-refractivity contribution in [2.75, 3.05) is 11.9 Å². The molecule has 0 amide bonds. The van der Waals surface area contributed by atoms with Gasteiger partial charge in [0.2, 0.25) is 0 Å². The van der Waals surface area contributed by atoms with Crippen molar-refractivity contribution in [2.45, 2.75) is 39.2 Å². The van der Waals surface area contributed by atoms with E-state index >= 15 is 0 Å². The van der Waals surface area contributed by atoms with Crippen LogP contribution in [0.25, 0.3) is 11.4 Å². The number of benzene rings is 1. The van der Waals surface area contributed by atoms with Gasteiger partial charge in [0.15, 0.2) is 5.82 Å². The lowest BCUT2D eigenvalue weighted by molar-refractivity contribution is 0.371. The maximum atomic E-state index is 4.65. The molecule has 0 spiro atoms. The standard InChI is InChI=1S/C20H24N6/c1-14(2)20-25-24-18-9-8-15(13-26(18)20)12-22-17-10-11-21-19(23-17)16-6-4-3-5-7-16/h3-7,10-11,14-15H,8-9,12-13H2,1-2H3,(H,21,22,23)/t15-/m1/s1. The van der Waals surface area contributed by atoms with Gasteiger partial charge < -0.3 is 9.88 Å². The van der Waals surface area contributed by atoms with Gasteiger partial charge >= 0.3 is 0 Å². The minimum Gasteiger partial charge on any atom is -0.370 e. The van der Waals surface area contributed by atoms with Crippen LogP contribution in [0.4, 0.5) is 5.82 Å². The summed E-state index contributed by atoms with van der Waals surface area (Å²) >= 11 is 0. The lowest BCUT2D eigenvalue weighted by atomic mass is 9.98. The Kier molecular flexibility index (Phi) is 4.65. The number of fused-ring (bicyclic) bond motifs is 1. The fourth-order valence-corrected chi connectivity index (χ4v) is 3.44. The Bertz CT molecular complexity index is 871. The second-order valence-electron chi connectivity index (χ2n) is 7.16. The molecule has 2 aromatic heterocycles. The van der Waals surface area contributed by atoms with E-state index in [9.17, 15) is 0 Å². The zero-order valence-electron chi connectivity index (χ0n) is 15.3. The molecule has 1 atom stereocenters. The first-order valence-electron chi connectivity index (χ1n) is 9.25. The number of hydrogen-bond acceptors (Lipinski definition) is 5. The summed E-state index contributed by atoms with van der Waals surface area (Å²) in [7, 11) is 0. The maximum Gasteiger partial charge on any atom is 0.161 e. The quantitative estimate of drug-likeness (QED) is 0.764. The van der Waals surface area contributed by atoms with Crippen molar-refractivity contribution in [1.82, 2.24) is 24.7 Å². The van der Waals surface area contributed by atoms with Gasteiger partial charge in [0.1, 0.15) is 17.5 Å². The van der Waals surface area contributed by atoms with E-state index < -0.39 is 0 Å². The minimum absolute atomic E-state index is 0.401. The highest BCUT2D eigenvalue weighted by atomic mass is 15.3. The van der Waals surface area contributed by atoms with E-state index in [1.165, 1.54) is 0 Å².